The third kappa shape index (κ3) is 6.01. The lowest BCUT2D eigenvalue weighted by Crippen LogP contribution is -2.50. The summed E-state index contributed by atoms with van der Waals surface area (Å²) in [6, 6.07) is 13.0. The molecule has 7 heteroatoms. The largest absolute Gasteiger partial charge is 0.497 e. The lowest BCUT2D eigenvalue weighted by atomic mass is 9.95. The van der Waals surface area contributed by atoms with E-state index in [2.05, 4.69) is 5.32 Å². The third-order valence-electron chi connectivity index (χ3n) is 6.67. The molecular formula is C27H34N2O5. The molecule has 0 aromatic heterocycles. The maximum Gasteiger partial charge on any atom is 0.242 e. The van der Waals surface area contributed by atoms with Crippen LogP contribution in [-0.2, 0) is 22.6 Å². The molecule has 7 nitrogen and oxygen atoms in total. The van der Waals surface area contributed by atoms with Gasteiger partial charge in [0, 0.05) is 19.0 Å². The van der Waals surface area contributed by atoms with Crippen molar-refractivity contribution >= 4 is 11.8 Å². The maximum atomic E-state index is 13.4. The minimum Gasteiger partial charge on any atom is -0.497 e. The van der Waals surface area contributed by atoms with Gasteiger partial charge in [0.25, 0.3) is 0 Å². The number of ether oxygens (including phenoxy) is 3. The van der Waals surface area contributed by atoms with Gasteiger partial charge in [-0.2, -0.15) is 0 Å². The number of aryl methyl sites for hydroxylation is 1. The predicted molar refractivity (Wildman–Crippen MR) is 129 cm³/mol. The highest BCUT2D eigenvalue weighted by Crippen LogP contribution is 2.33. The van der Waals surface area contributed by atoms with Crippen molar-refractivity contribution in [3.05, 3.63) is 53.6 Å². The first-order valence-electron chi connectivity index (χ1n) is 12.1. The van der Waals surface area contributed by atoms with Crippen LogP contribution in [0, 0.1) is 0 Å². The molecule has 2 aliphatic rings. The Labute approximate surface area is 201 Å². The molecule has 0 spiro atoms. The molecule has 2 aromatic carbocycles. The van der Waals surface area contributed by atoms with Crippen molar-refractivity contribution < 1.29 is 23.8 Å². The number of carbonyl (C=O) groups is 2. The summed E-state index contributed by atoms with van der Waals surface area (Å²) in [5.41, 5.74) is 1.92. The second-order valence-electron chi connectivity index (χ2n) is 9.08. The number of amides is 2. The zero-order valence-corrected chi connectivity index (χ0v) is 20.0. The Morgan fingerprint density at radius 3 is 2.65 bits per heavy atom. The van der Waals surface area contributed by atoms with Crippen LogP contribution in [0.25, 0.3) is 0 Å². The zero-order chi connectivity index (χ0) is 23.9. The molecule has 182 valence electrons. The van der Waals surface area contributed by atoms with Gasteiger partial charge < -0.3 is 24.4 Å². The Morgan fingerprint density at radius 2 is 1.85 bits per heavy atom. The summed E-state index contributed by atoms with van der Waals surface area (Å²) in [6.07, 6.45) is 6.37. The van der Waals surface area contributed by atoms with E-state index < -0.39 is 6.04 Å². The average Bonchev–Trinajstić information content (AvgIpc) is 3.34. The van der Waals surface area contributed by atoms with Crippen molar-refractivity contribution in [2.75, 3.05) is 13.9 Å². The molecular weight excluding hydrogens is 432 g/mol. The van der Waals surface area contributed by atoms with Crippen LogP contribution in [0.5, 0.6) is 17.2 Å². The number of nitrogens with zero attached hydrogens (tertiary/aromatic N) is 1. The summed E-state index contributed by atoms with van der Waals surface area (Å²) in [7, 11) is 1.62. The summed E-state index contributed by atoms with van der Waals surface area (Å²) in [5, 5.41) is 3.18. The van der Waals surface area contributed by atoms with Crippen molar-refractivity contribution in [2.45, 2.75) is 70.5 Å². The monoisotopic (exact) mass is 466 g/mol. The number of hydrogen-bond acceptors (Lipinski definition) is 5. The van der Waals surface area contributed by atoms with Gasteiger partial charge >= 0.3 is 0 Å². The molecule has 1 aliphatic carbocycles. The number of hydrogen-bond donors (Lipinski definition) is 1. The van der Waals surface area contributed by atoms with Gasteiger partial charge in [0.1, 0.15) is 11.8 Å². The topological polar surface area (TPSA) is 77.1 Å². The van der Waals surface area contributed by atoms with Crippen LogP contribution in [0.2, 0.25) is 0 Å². The molecule has 1 saturated carbocycles. The Morgan fingerprint density at radius 1 is 1.06 bits per heavy atom. The molecule has 2 aromatic rings. The van der Waals surface area contributed by atoms with Crippen LogP contribution in [0.15, 0.2) is 42.5 Å². The number of benzene rings is 2. The Bertz CT molecular complexity index is 1000. The van der Waals surface area contributed by atoms with Crippen molar-refractivity contribution in [3.8, 4) is 17.2 Å². The molecule has 1 atom stereocenters. The fourth-order valence-corrected chi connectivity index (χ4v) is 4.61. The molecule has 4 rings (SSSR count). The predicted octanol–water partition coefficient (Wildman–Crippen LogP) is 4.22. The minimum absolute atomic E-state index is 0.0632. The van der Waals surface area contributed by atoms with Crippen LogP contribution in [0.1, 0.15) is 56.6 Å². The number of fused-ring (bicyclic) bond motifs is 1. The second kappa shape index (κ2) is 11.3. The third-order valence-corrected chi connectivity index (χ3v) is 6.67. The minimum atomic E-state index is -0.572. The molecule has 0 saturated heterocycles. The first-order chi connectivity index (χ1) is 16.5. The lowest BCUT2D eigenvalue weighted by molar-refractivity contribution is -0.141. The highest BCUT2D eigenvalue weighted by molar-refractivity contribution is 5.87. The summed E-state index contributed by atoms with van der Waals surface area (Å²) < 4.78 is 16.2. The molecule has 2 amide bonds. The van der Waals surface area contributed by atoms with Crippen LogP contribution < -0.4 is 19.5 Å². The van der Waals surface area contributed by atoms with Crippen LogP contribution >= 0.6 is 0 Å². The SMILES string of the molecule is COc1cccc(CN(C(=O)CCc2ccc3c(c2)OCO3)[C@@H](C)C(=O)NC2CCCCC2)c1. The normalized spacial score (nSPS) is 16.1. The summed E-state index contributed by atoms with van der Waals surface area (Å²) in [6.45, 7) is 2.38. The molecule has 1 heterocycles. The molecule has 1 aliphatic heterocycles. The van der Waals surface area contributed by atoms with E-state index in [4.69, 9.17) is 14.2 Å². The van der Waals surface area contributed by atoms with Crippen molar-refractivity contribution in [1.29, 1.82) is 0 Å². The van der Waals surface area contributed by atoms with Crippen LogP contribution in [0.4, 0.5) is 0 Å². The molecule has 0 bridgehead atoms. The van der Waals surface area contributed by atoms with E-state index >= 15 is 0 Å². The number of rotatable bonds is 9. The Hall–Kier alpha value is -3.22. The highest BCUT2D eigenvalue weighted by Gasteiger charge is 2.28. The number of carbonyl (C=O) groups excluding carboxylic acids is 2. The van der Waals surface area contributed by atoms with Gasteiger partial charge in [-0.15, -0.1) is 0 Å². The standard InChI is InChI=1S/C27H34N2O5/c1-19(27(31)28-22-8-4-3-5-9-22)29(17-21-7-6-10-23(15-21)32-2)26(30)14-12-20-11-13-24-25(16-20)34-18-33-24/h6-7,10-11,13,15-16,19,22H,3-5,8-9,12,14,17-18H2,1-2H3,(H,28,31)/t19-/m0/s1. The zero-order valence-electron chi connectivity index (χ0n) is 20.0. The molecule has 1 fully saturated rings. The smallest absolute Gasteiger partial charge is 0.242 e. The van der Waals surface area contributed by atoms with Crippen molar-refractivity contribution in [1.82, 2.24) is 10.2 Å². The first-order valence-corrected chi connectivity index (χ1v) is 12.1. The van der Waals surface area contributed by atoms with Crippen LogP contribution in [0.3, 0.4) is 0 Å². The van der Waals surface area contributed by atoms with E-state index in [1.54, 1.807) is 12.0 Å². The summed E-state index contributed by atoms with van der Waals surface area (Å²) in [5.74, 6) is 2.00. The van der Waals surface area contributed by atoms with E-state index in [0.29, 0.717) is 25.1 Å². The average molecular weight is 467 g/mol. The highest BCUT2D eigenvalue weighted by atomic mass is 16.7. The van der Waals surface area contributed by atoms with Gasteiger partial charge in [0.15, 0.2) is 11.5 Å². The summed E-state index contributed by atoms with van der Waals surface area (Å²) in [4.78, 5) is 28.2. The van der Waals surface area contributed by atoms with E-state index in [1.165, 1.54) is 6.42 Å². The number of methoxy groups -OCH3 is 1. The van der Waals surface area contributed by atoms with Crippen LogP contribution in [-0.4, -0.2) is 42.7 Å². The first kappa shape index (κ1) is 23.9. The van der Waals surface area contributed by atoms with Gasteiger partial charge in [0.2, 0.25) is 18.6 Å². The molecule has 1 N–H and O–H groups in total. The van der Waals surface area contributed by atoms with E-state index in [-0.39, 0.29) is 24.6 Å². The second-order valence-corrected chi connectivity index (χ2v) is 9.08. The lowest BCUT2D eigenvalue weighted by Gasteiger charge is -2.31. The molecule has 0 radical (unpaired) electrons. The fraction of sp³-hybridized carbons (Fsp3) is 0.481. The van der Waals surface area contributed by atoms with Gasteiger partial charge in [-0.3, -0.25) is 9.59 Å². The van der Waals surface area contributed by atoms with E-state index in [1.807, 2.05) is 49.4 Å². The molecule has 0 unspecified atom stereocenters. The quantitative estimate of drug-likeness (QED) is 0.599. The van der Waals surface area contributed by atoms with Gasteiger partial charge in [-0.05, 0) is 61.6 Å². The van der Waals surface area contributed by atoms with E-state index in [0.717, 1.165) is 48.3 Å². The van der Waals surface area contributed by atoms with Gasteiger partial charge in [-0.25, -0.2) is 0 Å². The van der Waals surface area contributed by atoms with Gasteiger partial charge in [0.05, 0.1) is 7.11 Å². The number of nitrogens with one attached hydrogen (secondary N) is 1. The molecule has 34 heavy (non-hydrogen) atoms. The Balaban J connectivity index is 1.45. The van der Waals surface area contributed by atoms with E-state index in [9.17, 15) is 9.59 Å². The van der Waals surface area contributed by atoms with Crippen molar-refractivity contribution in [3.63, 3.8) is 0 Å². The summed E-state index contributed by atoms with van der Waals surface area (Å²) >= 11 is 0. The Kier molecular flexibility index (Phi) is 7.93. The fourth-order valence-electron chi connectivity index (χ4n) is 4.61. The van der Waals surface area contributed by atoms with Crippen molar-refractivity contribution in [2.24, 2.45) is 0 Å². The van der Waals surface area contributed by atoms with Gasteiger partial charge in [-0.1, -0.05) is 37.5 Å². The maximum absolute atomic E-state index is 13.4.